The molecule has 2 atom stereocenters. The molecule has 3 heteroatoms. The molecule has 1 aliphatic heterocycles. The summed E-state index contributed by atoms with van der Waals surface area (Å²) in [5.41, 5.74) is 1.91. The fourth-order valence-corrected chi connectivity index (χ4v) is 3.59. The number of nitrogens with zero attached hydrogens (tertiary/aromatic N) is 2. The molecule has 1 N–H and O–H groups in total. The van der Waals surface area contributed by atoms with Crippen molar-refractivity contribution in [1.82, 2.24) is 4.98 Å². The van der Waals surface area contributed by atoms with Crippen LogP contribution in [0.3, 0.4) is 0 Å². The highest BCUT2D eigenvalue weighted by molar-refractivity contribution is 5.44. The average Bonchev–Trinajstić information content (AvgIpc) is 2.82. The predicted octanol–water partition coefficient (Wildman–Crippen LogP) is 2.65. The summed E-state index contributed by atoms with van der Waals surface area (Å²) in [6.45, 7) is 3.23. The maximum absolute atomic E-state index is 9.21. The van der Waals surface area contributed by atoms with E-state index in [1.165, 1.54) is 32.1 Å². The van der Waals surface area contributed by atoms with Gasteiger partial charge in [-0.1, -0.05) is 18.9 Å². The zero-order chi connectivity index (χ0) is 12.5. The lowest BCUT2D eigenvalue weighted by molar-refractivity contribution is 0.280. The monoisotopic (exact) mass is 246 g/mol. The highest BCUT2D eigenvalue weighted by Crippen LogP contribution is 2.38. The van der Waals surface area contributed by atoms with Crippen molar-refractivity contribution in [3.8, 4) is 0 Å². The summed E-state index contributed by atoms with van der Waals surface area (Å²) in [6, 6.07) is 4.81. The van der Waals surface area contributed by atoms with E-state index in [-0.39, 0.29) is 6.61 Å². The van der Waals surface area contributed by atoms with Crippen molar-refractivity contribution in [2.75, 3.05) is 11.4 Å². The molecule has 2 unspecified atom stereocenters. The quantitative estimate of drug-likeness (QED) is 0.871. The van der Waals surface area contributed by atoms with Crippen molar-refractivity contribution in [3.05, 3.63) is 23.4 Å². The Morgan fingerprint density at radius 3 is 2.89 bits per heavy atom. The Morgan fingerprint density at radius 1 is 1.28 bits per heavy atom. The molecule has 98 valence electrons. The van der Waals surface area contributed by atoms with E-state index >= 15 is 0 Å². The van der Waals surface area contributed by atoms with E-state index in [1.54, 1.807) is 0 Å². The molecule has 1 aromatic heterocycles. The predicted molar refractivity (Wildman–Crippen MR) is 72.6 cm³/mol. The fraction of sp³-hybridized carbons (Fsp3) is 0.667. The van der Waals surface area contributed by atoms with Crippen molar-refractivity contribution >= 4 is 5.82 Å². The molecule has 18 heavy (non-hydrogen) atoms. The summed E-state index contributed by atoms with van der Waals surface area (Å²) in [5, 5.41) is 9.21. The van der Waals surface area contributed by atoms with E-state index < -0.39 is 0 Å². The van der Waals surface area contributed by atoms with Gasteiger partial charge < -0.3 is 10.0 Å². The molecule has 3 nitrogen and oxygen atoms in total. The van der Waals surface area contributed by atoms with Crippen LogP contribution >= 0.6 is 0 Å². The van der Waals surface area contributed by atoms with Gasteiger partial charge in [0.05, 0.1) is 6.61 Å². The van der Waals surface area contributed by atoms with Gasteiger partial charge in [-0.2, -0.15) is 0 Å². The van der Waals surface area contributed by atoms with Gasteiger partial charge in [-0.25, -0.2) is 4.98 Å². The normalized spacial score (nSPS) is 27.3. The number of hydrogen-bond acceptors (Lipinski definition) is 3. The third-order valence-electron chi connectivity index (χ3n) is 4.66. The van der Waals surface area contributed by atoms with Crippen molar-refractivity contribution in [2.24, 2.45) is 5.92 Å². The first-order valence-corrected chi connectivity index (χ1v) is 7.13. The van der Waals surface area contributed by atoms with Crippen molar-refractivity contribution in [3.63, 3.8) is 0 Å². The van der Waals surface area contributed by atoms with Crippen molar-refractivity contribution < 1.29 is 5.11 Å². The van der Waals surface area contributed by atoms with E-state index in [4.69, 9.17) is 0 Å². The minimum atomic E-state index is 0.0885. The Bertz CT molecular complexity index is 433. The van der Waals surface area contributed by atoms with Crippen LogP contribution < -0.4 is 4.90 Å². The molecule has 0 aromatic carbocycles. The number of rotatable bonds is 2. The smallest absolute Gasteiger partial charge is 0.129 e. The lowest BCUT2D eigenvalue weighted by atomic mass is 9.85. The van der Waals surface area contributed by atoms with Gasteiger partial charge in [0.25, 0.3) is 0 Å². The summed E-state index contributed by atoms with van der Waals surface area (Å²) in [6.07, 6.45) is 6.82. The lowest BCUT2D eigenvalue weighted by Crippen LogP contribution is -2.35. The minimum Gasteiger partial charge on any atom is -0.392 e. The number of hydrogen-bond donors (Lipinski definition) is 1. The largest absolute Gasteiger partial charge is 0.392 e. The summed E-state index contributed by atoms with van der Waals surface area (Å²) < 4.78 is 0. The molecule has 3 rings (SSSR count). The van der Waals surface area contributed by atoms with Crippen LogP contribution in [-0.2, 0) is 6.61 Å². The van der Waals surface area contributed by atoms with Gasteiger partial charge in [-0.05, 0) is 43.7 Å². The van der Waals surface area contributed by atoms with Crippen LogP contribution in [0.25, 0.3) is 0 Å². The maximum Gasteiger partial charge on any atom is 0.129 e. The van der Waals surface area contributed by atoms with E-state index in [0.29, 0.717) is 6.04 Å². The first-order valence-electron chi connectivity index (χ1n) is 7.13. The van der Waals surface area contributed by atoms with E-state index in [1.807, 2.05) is 13.0 Å². The summed E-state index contributed by atoms with van der Waals surface area (Å²) in [5.74, 6) is 2.00. The Balaban J connectivity index is 1.84. The number of aryl methyl sites for hydroxylation is 1. The number of pyridine rings is 1. The molecule has 1 aliphatic carbocycles. The molecule has 1 saturated heterocycles. The second kappa shape index (κ2) is 4.88. The zero-order valence-corrected chi connectivity index (χ0v) is 11.1. The van der Waals surface area contributed by atoms with Gasteiger partial charge in [-0.3, -0.25) is 0 Å². The van der Waals surface area contributed by atoms with E-state index in [0.717, 1.165) is 29.5 Å². The molecular formula is C15H22N2O. The molecule has 0 radical (unpaired) electrons. The average molecular weight is 246 g/mol. The molecule has 1 aromatic rings. The molecule has 2 heterocycles. The third kappa shape index (κ3) is 2.01. The van der Waals surface area contributed by atoms with Crippen LogP contribution in [0.2, 0.25) is 0 Å². The molecule has 1 saturated carbocycles. The van der Waals surface area contributed by atoms with Gasteiger partial charge in [0.15, 0.2) is 0 Å². The van der Waals surface area contributed by atoms with Crippen LogP contribution in [0.1, 0.15) is 43.4 Å². The highest BCUT2D eigenvalue weighted by Gasteiger charge is 2.36. The SMILES string of the molecule is Cc1nc(N2CCC3CCCCC32)ccc1CO. The summed E-state index contributed by atoms with van der Waals surface area (Å²) in [7, 11) is 0. The standard InChI is InChI=1S/C15H22N2O/c1-11-13(10-18)6-7-15(16-11)17-9-8-12-4-2-3-5-14(12)17/h6-7,12,14,18H,2-5,8-10H2,1H3. The number of fused-ring (bicyclic) bond motifs is 1. The second-order valence-corrected chi connectivity index (χ2v) is 5.67. The maximum atomic E-state index is 9.21. The van der Waals surface area contributed by atoms with Crippen molar-refractivity contribution in [1.29, 1.82) is 0 Å². The van der Waals surface area contributed by atoms with E-state index in [9.17, 15) is 5.11 Å². The van der Waals surface area contributed by atoms with Crippen LogP contribution in [0, 0.1) is 12.8 Å². The lowest BCUT2D eigenvalue weighted by Gasteiger charge is -2.32. The van der Waals surface area contributed by atoms with Gasteiger partial charge >= 0.3 is 0 Å². The first kappa shape index (κ1) is 12.0. The van der Waals surface area contributed by atoms with Crippen molar-refractivity contribution in [2.45, 2.75) is 51.7 Å². The van der Waals surface area contributed by atoms with Crippen LogP contribution in [0.15, 0.2) is 12.1 Å². The van der Waals surface area contributed by atoms with Crippen LogP contribution in [-0.4, -0.2) is 22.7 Å². The topological polar surface area (TPSA) is 36.4 Å². The highest BCUT2D eigenvalue weighted by atomic mass is 16.3. The molecule has 0 spiro atoms. The Labute approximate surface area is 109 Å². The molecular weight excluding hydrogens is 224 g/mol. The van der Waals surface area contributed by atoms with Crippen LogP contribution in [0.4, 0.5) is 5.82 Å². The van der Waals surface area contributed by atoms with E-state index in [2.05, 4.69) is 16.0 Å². The fourth-order valence-electron chi connectivity index (χ4n) is 3.59. The van der Waals surface area contributed by atoms with Gasteiger partial charge in [0.1, 0.15) is 5.82 Å². The van der Waals surface area contributed by atoms with Gasteiger partial charge in [0.2, 0.25) is 0 Å². The third-order valence-corrected chi connectivity index (χ3v) is 4.66. The Kier molecular flexibility index (Phi) is 3.25. The minimum absolute atomic E-state index is 0.0885. The van der Waals surface area contributed by atoms with Crippen LogP contribution in [0.5, 0.6) is 0 Å². The Morgan fingerprint density at radius 2 is 2.11 bits per heavy atom. The van der Waals surface area contributed by atoms with Gasteiger partial charge in [-0.15, -0.1) is 0 Å². The summed E-state index contributed by atoms with van der Waals surface area (Å²) in [4.78, 5) is 7.18. The number of aromatic nitrogens is 1. The number of anilines is 1. The zero-order valence-electron chi connectivity index (χ0n) is 11.1. The number of aliphatic hydroxyl groups excluding tert-OH is 1. The second-order valence-electron chi connectivity index (χ2n) is 5.67. The molecule has 2 aliphatic rings. The summed E-state index contributed by atoms with van der Waals surface area (Å²) >= 11 is 0. The van der Waals surface area contributed by atoms with Gasteiger partial charge in [0, 0.05) is 18.3 Å². The molecule has 2 fully saturated rings. The first-order chi connectivity index (χ1) is 8.79. The number of aliphatic hydroxyl groups is 1. The Hall–Kier alpha value is -1.09. The molecule has 0 amide bonds. The molecule has 0 bridgehead atoms.